The molecule has 0 amide bonds. The molecule has 0 fully saturated rings. The van der Waals surface area contributed by atoms with Gasteiger partial charge in [-0.15, -0.1) is 0 Å². The SMILES string of the molecule is Cc1ccc(-n2c(-c3cc(C)cc(C(C)(C)C)c3O)nc3c(-c4cc(-c5cc(-c6ccc(-c7ccccc7)cc6)ccn5)cc(C(C)(C)C)c4)cccc32)c(-c2ccccc2)c1. The predicted molar refractivity (Wildman–Crippen MR) is 260 cm³/mol. The van der Waals surface area contributed by atoms with E-state index in [4.69, 9.17) is 9.97 Å². The third-order valence-corrected chi connectivity index (χ3v) is 12.0. The summed E-state index contributed by atoms with van der Waals surface area (Å²) in [7, 11) is 0. The van der Waals surface area contributed by atoms with E-state index in [1.165, 1.54) is 22.3 Å². The second-order valence-electron chi connectivity index (χ2n) is 18.7. The van der Waals surface area contributed by atoms with E-state index in [2.05, 4.69) is 218 Å². The molecule has 62 heavy (non-hydrogen) atoms. The number of aromatic nitrogens is 3. The fraction of sp³-hybridized carbons (Fsp3) is 0.172. The Kier molecular flexibility index (Phi) is 10.3. The molecular formula is C58H53N3O. The summed E-state index contributed by atoms with van der Waals surface area (Å²) in [4.78, 5) is 10.5. The highest BCUT2D eigenvalue weighted by Crippen LogP contribution is 2.44. The fourth-order valence-corrected chi connectivity index (χ4v) is 8.59. The van der Waals surface area contributed by atoms with Crippen LogP contribution in [0.2, 0.25) is 0 Å². The van der Waals surface area contributed by atoms with Gasteiger partial charge >= 0.3 is 0 Å². The molecule has 9 rings (SSSR count). The minimum atomic E-state index is -0.285. The Morgan fingerprint density at radius 1 is 0.468 bits per heavy atom. The van der Waals surface area contributed by atoms with Gasteiger partial charge in [0.1, 0.15) is 11.6 Å². The van der Waals surface area contributed by atoms with E-state index < -0.39 is 0 Å². The minimum absolute atomic E-state index is 0.142. The maximum Gasteiger partial charge on any atom is 0.149 e. The molecule has 4 nitrogen and oxygen atoms in total. The first-order valence-corrected chi connectivity index (χ1v) is 21.5. The van der Waals surface area contributed by atoms with Gasteiger partial charge in [0, 0.05) is 28.5 Å². The van der Waals surface area contributed by atoms with Gasteiger partial charge in [0.2, 0.25) is 0 Å². The highest BCUT2D eigenvalue weighted by molar-refractivity contribution is 5.98. The number of hydrogen-bond donors (Lipinski definition) is 1. The zero-order chi connectivity index (χ0) is 43.3. The molecule has 0 saturated carbocycles. The number of fused-ring (bicyclic) bond motifs is 1. The highest BCUT2D eigenvalue weighted by atomic mass is 16.3. The lowest BCUT2D eigenvalue weighted by Gasteiger charge is -2.23. The number of para-hydroxylation sites is 1. The molecule has 0 bridgehead atoms. The van der Waals surface area contributed by atoms with E-state index in [1.807, 2.05) is 12.3 Å². The smallest absolute Gasteiger partial charge is 0.149 e. The first-order chi connectivity index (χ1) is 29.7. The Balaban J connectivity index is 1.26. The highest BCUT2D eigenvalue weighted by Gasteiger charge is 2.27. The van der Waals surface area contributed by atoms with Gasteiger partial charge in [0.15, 0.2) is 0 Å². The van der Waals surface area contributed by atoms with Crippen molar-refractivity contribution < 1.29 is 5.11 Å². The molecule has 0 spiro atoms. The van der Waals surface area contributed by atoms with Crippen molar-refractivity contribution in [2.24, 2.45) is 0 Å². The Bertz CT molecular complexity index is 3090. The largest absolute Gasteiger partial charge is 0.507 e. The topological polar surface area (TPSA) is 50.9 Å². The van der Waals surface area contributed by atoms with Gasteiger partial charge in [0.05, 0.1) is 28.0 Å². The van der Waals surface area contributed by atoms with Crippen molar-refractivity contribution in [3.63, 3.8) is 0 Å². The Hall–Kier alpha value is -7.04. The van der Waals surface area contributed by atoms with Crippen molar-refractivity contribution in [1.82, 2.24) is 14.5 Å². The lowest BCUT2D eigenvalue weighted by atomic mass is 9.83. The number of nitrogens with zero attached hydrogens (tertiary/aromatic N) is 3. The quantitative estimate of drug-likeness (QED) is 0.174. The van der Waals surface area contributed by atoms with Crippen LogP contribution in [0.1, 0.15) is 63.8 Å². The molecule has 0 aliphatic heterocycles. The molecule has 2 heterocycles. The third-order valence-electron chi connectivity index (χ3n) is 12.0. The first-order valence-electron chi connectivity index (χ1n) is 21.5. The van der Waals surface area contributed by atoms with Crippen molar-refractivity contribution in [1.29, 1.82) is 0 Å². The van der Waals surface area contributed by atoms with Crippen LogP contribution in [0.3, 0.4) is 0 Å². The Labute approximate surface area is 366 Å². The van der Waals surface area contributed by atoms with Crippen LogP contribution < -0.4 is 0 Å². The van der Waals surface area contributed by atoms with Crippen LogP contribution in [0, 0.1) is 13.8 Å². The van der Waals surface area contributed by atoms with Crippen LogP contribution in [0.15, 0.2) is 170 Å². The fourth-order valence-electron chi connectivity index (χ4n) is 8.59. The van der Waals surface area contributed by atoms with Crippen LogP contribution in [0.4, 0.5) is 0 Å². The predicted octanol–water partition coefficient (Wildman–Crippen LogP) is 15.3. The Morgan fingerprint density at radius 2 is 1.10 bits per heavy atom. The Morgan fingerprint density at radius 3 is 1.77 bits per heavy atom. The second-order valence-corrected chi connectivity index (χ2v) is 18.7. The average molecular weight is 808 g/mol. The van der Waals surface area contributed by atoms with Crippen LogP contribution in [-0.2, 0) is 10.8 Å². The van der Waals surface area contributed by atoms with Crippen LogP contribution in [0.25, 0.3) is 83.9 Å². The zero-order valence-electron chi connectivity index (χ0n) is 37.0. The summed E-state index contributed by atoms with van der Waals surface area (Å²) >= 11 is 0. The molecule has 0 unspecified atom stereocenters. The second kappa shape index (κ2) is 15.8. The molecule has 1 N–H and O–H groups in total. The van der Waals surface area contributed by atoms with Gasteiger partial charge in [-0.3, -0.25) is 9.55 Å². The van der Waals surface area contributed by atoms with Crippen LogP contribution in [0.5, 0.6) is 5.75 Å². The molecule has 0 saturated heterocycles. The van der Waals surface area contributed by atoms with Crippen molar-refractivity contribution in [2.75, 3.05) is 0 Å². The molecule has 306 valence electrons. The number of imidazole rings is 1. The van der Waals surface area contributed by atoms with E-state index in [0.29, 0.717) is 11.4 Å². The van der Waals surface area contributed by atoms with Gasteiger partial charge in [-0.1, -0.05) is 162 Å². The summed E-state index contributed by atoms with van der Waals surface area (Å²) in [5.41, 5.74) is 18.3. The van der Waals surface area contributed by atoms with Gasteiger partial charge in [-0.25, -0.2) is 4.98 Å². The number of rotatable bonds is 7. The molecule has 2 aromatic heterocycles. The summed E-state index contributed by atoms with van der Waals surface area (Å²) in [5.74, 6) is 0.951. The van der Waals surface area contributed by atoms with Gasteiger partial charge in [-0.2, -0.15) is 0 Å². The summed E-state index contributed by atoms with van der Waals surface area (Å²) in [6.45, 7) is 17.4. The molecule has 4 heteroatoms. The number of phenols is 1. The number of pyridine rings is 1. The third kappa shape index (κ3) is 7.74. The average Bonchev–Trinajstić information content (AvgIpc) is 3.66. The molecule has 7 aromatic carbocycles. The van der Waals surface area contributed by atoms with Gasteiger partial charge in [-0.05, 0) is 118 Å². The molecular weight excluding hydrogens is 755 g/mol. The normalized spacial score (nSPS) is 11.9. The molecule has 0 atom stereocenters. The lowest BCUT2D eigenvalue weighted by Crippen LogP contribution is -2.12. The van der Waals surface area contributed by atoms with Crippen molar-refractivity contribution >= 4 is 11.0 Å². The maximum atomic E-state index is 12.2. The standard InChI is InChI=1S/C58H53N3O/c1-37-22-27-52(48(30-37)42-18-13-10-14-19-42)61-53-21-15-20-47(54(53)60-56(61)49-31-38(2)32-50(55(49)62)58(6,7)8)44-33-45(35-46(34-44)57(3,4)5)51-36-43(28-29-59-51)41-25-23-40(24-26-41)39-16-11-9-12-17-39/h9-36,62H,1-8H3. The van der Waals surface area contributed by atoms with E-state index >= 15 is 0 Å². The summed E-state index contributed by atoms with van der Waals surface area (Å²) in [5, 5.41) is 12.2. The summed E-state index contributed by atoms with van der Waals surface area (Å²) in [6, 6.07) is 58.2. The number of phenolic OH excluding ortho intramolecular Hbond substituents is 1. The molecule has 9 aromatic rings. The molecule has 0 aliphatic carbocycles. The molecule has 0 radical (unpaired) electrons. The van der Waals surface area contributed by atoms with Crippen molar-refractivity contribution in [3.8, 4) is 78.6 Å². The van der Waals surface area contributed by atoms with E-state index in [-0.39, 0.29) is 16.6 Å². The number of benzene rings is 7. The van der Waals surface area contributed by atoms with Gasteiger partial charge < -0.3 is 5.11 Å². The van der Waals surface area contributed by atoms with Gasteiger partial charge in [0.25, 0.3) is 0 Å². The summed E-state index contributed by atoms with van der Waals surface area (Å²) < 4.78 is 2.25. The lowest BCUT2D eigenvalue weighted by molar-refractivity contribution is 0.448. The number of aromatic hydroxyl groups is 1. The number of hydrogen-bond acceptors (Lipinski definition) is 3. The number of aryl methyl sites for hydroxylation is 2. The van der Waals surface area contributed by atoms with Crippen LogP contribution in [-0.4, -0.2) is 19.6 Å². The van der Waals surface area contributed by atoms with E-state index in [0.717, 1.165) is 72.5 Å². The van der Waals surface area contributed by atoms with E-state index in [1.54, 1.807) is 0 Å². The monoisotopic (exact) mass is 807 g/mol. The summed E-state index contributed by atoms with van der Waals surface area (Å²) in [6.07, 6.45) is 1.92. The van der Waals surface area contributed by atoms with E-state index in [9.17, 15) is 5.11 Å². The van der Waals surface area contributed by atoms with Crippen molar-refractivity contribution in [3.05, 3.63) is 192 Å². The van der Waals surface area contributed by atoms with Crippen molar-refractivity contribution in [2.45, 2.75) is 66.2 Å². The maximum absolute atomic E-state index is 12.2. The zero-order valence-corrected chi connectivity index (χ0v) is 37.0. The van der Waals surface area contributed by atoms with Crippen LogP contribution >= 0.6 is 0 Å². The first kappa shape index (κ1) is 40.4. The minimum Gasteiger partial charge on any atom is -0.507 e. The molecule has 0 aliphatic rings.